The topological polar surface area (TPSA) is 97.6 Å². The molecular formula is C18H22N4O4. The Morgan fingerprint density at radius 1 is 1.46 bits per heavy atom. The minimum absolute atomic E-state index is 0.0761. The Morgan fingerprint density at radius 3 is 3.08 bits per heavy atom. The van der Waals surface area contributed by atoms with Crippen molar-refractivity contribution in [2.24, 2.45) is 0 Å². The second-order valence-corrected chi connectivity index (χ2v) is 6.05. The van der Waals surface area contributed by atoms with Crippen molar-refractivity contribution in [3.63, 3.8) is 0 Å². The molecule has 1 N–H and O–H groups in total. The van der Waals surface area contributed by atoms with Crippen molar-refractivity contribution in [1.82, 2.24) is 20.4 Å². The number of nitrogens with zero attached hydrogens (tertiary/aromatic N) is 3. The second kappa shape index (κ2) is 7.99. The molecule has 1 aromatic heterocycles. The molecule has 0 aliphatic carbocycles. The van der Waals surface area contributed by atoms with Crippen LogP contribution < -0.4 is 10.1 Å². The summed E-state index contributed by atoms with van der Waals surface area (Å²) >= 11 is 0. The number of ether oxygens (including phenoxy) is 1. The lowest BCUT2D eigenvalue weighted by molar-refractivity contribution is -0.143. The normalized spacial score (nSPS) is 17.1. The molecule has 1 saturated heterocycles. The summed E-state index contributed by atoms with van der Waals surface area (Å²) in [5.41, 5.74) is 0.782. The minimum Gasteiger partial charge on any atom is -0.497 e. The summed E-state index contributed by atoms with van der Waals surface area (Å²) in [5, 5.41) is 6.75. The zero-order valence-corrected chi connectivity index (χ0v) is 14.9. The predicted molar refractivity (Wildman–Crippen MR) is 93.4 cm³/mol. The highest BCUT2D eigenvalue weighted by Crippen LogP contribution is 2.21. The molecular weight excluding hydrogens is 336 g/mol. The molecule has 0 spiro atoms. The predicted octanol–water partition coefficient (Wildman–Crippen LogP) is 1.41. The second-order valence-electron chi connectivity index (χ2n) is 6.05. The first-order valence-corrected chi connectivity index (χ1v) is 8.66. The van der Waals surface area contributed by atoms with E-state index in [2.05, 4.69) is 15.5 Å². The molecule has 2 heterocycles. The summed E-state index contributed by atoms with van der Waals surface area (Å²) in [6, 6.07) is 6.96. The Kier molecular flexibility index (Phi) is 5.50. The van der Waals surface area contributed by atoms with Crippen molar-refractivity contribution in [1.29, 1.82) is 0 Å². The monoisotopic (exact) mass is 358 g/mol. The van der Waals surface area contributed by atoms with E-state index < -0.39 is 6.04 Å². The van der Waals surface area contributed by atoms with E-state index in [9.17, 15) is 9.59 Å². The van der Waals surface area contributed by atoms with Gasteiger partial charge >= 0.3 is 0 Å². The van der Waals surface area contributed by atoms with Gasteiger partial charge in [0, 0.05) is 31.5 Å². The third-order valence-electron chi connectivity index (χ3n) is 4.39. The molecule has 8 nitrogen and oxygen atoms in total. The maximum Gasteiger partial charge on any atom is 0.242 e. The van der Waals surface area contributed by atoms with Gasteiger partial charge < -0.3 is 19.5 Å². The average molecular weight is 358 g/mol. The van der Waals surface area contributed by atoms with E-state index in [0.717, 1.165) is 5.56 Å². The molecule has 138 valence electrons. The molecule has 1 aromatic carbocycles. The summed E-state index contributed by atoms with van der Waals surface area (Å²) in [7, 11) is 1.59. The van der Waals surface area contributed by atoms with Crippen LogP contribution in [0.15, 0.2) is 28.8 Å². The molecule has 0 bridgehead atoms. The van der Waals surface area contributed by atoms with Gasteiger partial charge in [0.25, 0.3) is 0 Å². The van der Waals surface area contributed by atoms with Gasteiger partial charge in [-0.25, -0.2) is 0 Å². The number of benzene rings is 1. The average Bonchev–Trinajstić information content (AvgIpc) is 3.15. The van der Waals surface area contributed by atoms with Crippen LogP contribution in [-0.2, 0) is 16.0 Å². The highest BCUT2D eigenvalue weighted by atomic mass is 16.5. The van der Waals surface area contributed by atoms with Crippen molar-refractivity contribution in [3.05, 3.63) is 30.2 Å². The number of carbonyl (C=O) groups is 2. The summed E-state index contributed by atoms with van der Waals surface area (Å²) in [5.74, 6) is 1.39. The molecule has 26 heavy (non-hydrogen) atoms. The van der Waals surface area contributed by atoms with E-state index in [1.54, 1.807) is 12.0 Å². The largest absolute Gasteiger partial charge is 0.497 e. The Balaban J connectivity index is 1.62. The molecule has 2 aromatic rings. The molecule has 0 radical (unpaired) electrons. The zero-order chi connectivity index (χ0) is 18.5. The van der Waals surface area contributed by atoms with Gasteiger partial charge in [-0.3, -0.25) is 9.59 Å². The molecule has 8 heteroatoms. The Hall–Kier alpha value is -2.90. The quantitative estimate of drug-likeness (QED) is 0.839. The summed E-state index contributed by atoms with van der Waals surface area (Å²) in [6.07, 6.45) is 1.16. The fourth-order valence-corrected chi connectivity index (χ4v) is 3.01. The number of aryl methyl sites for hydroxylation is 1. The van der Waals surface area contributed by atoms with Crippen LogP contribution in [0.3, 0.4) is 0 Å². The van der Waals surface area contributed by atoms with Gasteiger partial charge in [0.15, 0.2) is 0 Å². The standard InChI is InChI=1S/C18H22N4O4/c1-3-14-18(24)19-9-10-22(14)16(23)8-7-15-20-17(21-26-15)12-5-4-6-13(11-12)25-2/h4-6,11,14H,3,7-10H2,1-2H3,(H,19,24)/t14-/m1/s1. The third-order valence-corrected chi connectivity index (χ3v) is 4.39. The molecule has 1 aliphatic rings. The fraction of sp³-hybridized carbons (Fsp3) is 0.444. The van der Waals surface area contributed by atoms with Crippen LogP contribution in [0, 0.1) is 0 Å². The Morgan fingerprint density at radius 2 is 2.31 bits per heavy atom. The van der Waals surface area contributed by atoms with Gasteiger partial charge in [-0.1, -0.05) is 24.2 Å². The number of methoxy groups -OCH3 is 1. The lowest BCUT2D eigenvalue weighted by atomic mass is 10.1. The van der Waals surface area contributed by atoms with Crippen molar-refractivity contribution in [3.8, 4) is 17.1 Å². The van der Waals surface area contributed by atoms with Gasteiger partial charge in [0.05, 0.1) is 7.11 Å². The van der Waals surface area contributed by atoms with E-state index in [0.29, 0.717) is 43.4 Å². The molecule has 2 amide bonds. The van der Waals surface area contributed by atoms with Gasteiger partial charge in [-0.05, 0) is 18.6 Å². The number of amides is 2. The van der Waals surface area contributed by atoms with Crippen LogP contribution in [0.25, 0.3) is 11.4 Å². The smallest absolute Gasteiger partial charge is 0.242 e. The summed E-state index contributed by atoms with van der Waals surface area (Å²) in [6.45, 7) is 2.91. The van der Waals surface area contributed by atoms with Gasteiger partial charge in [-0.2, -0.15) is 4.98 Å². The van der Waals surface area contributed by atoms with E-state index in [1.807, 2.05) is 31.2 Å². The van der Waals surface area contributed by atoms with Crippen LogP contribution in [0.1, 0.15) is 25.7 Å². The first kappa shape index (κ1) is 17.9. The van der Waals surface area contributed by atoms with Crippen molar-refractivity contribution in [2.75, 3.05) is 20.2 Å². The maximum atomic E-state index is 12.5. The highest BCUT2D eigenvalue weighted by molar-refractivity contribution is 5.88. The van der Waals surface area contributed by atoms with Crippen molar-refractivity contribution < 1.29 is 18.8 Å². The minimum atomic E-state index is -0.397. The maximum absolute atomic E-state index is 12.5. The van der Waals surface area contributed by atoms with Crippen LogP contribution in [0.4, 0.5) is 0 Å². The number of carbonyl (C=O) groups excluding carboxylic acids is 2. The first-order valence-electron chi connectivity index (χ1n) is 8.66. The molecule has 0 unspecified atom stereocenters. The molecule has 0 saturated carbocycles. The number of rotatable bonds is 6. The van der Waals surface area contributed by atoms with Gasteiger partial charge in [0.2, 0.25) is 23.5 Å². The molecule has 3 rings (SSSR count). The number of hydrogen-bond donors (Lipinski definition) is 1. The third kappa shape index (κ3) is 3.84. The summed E-state index contributed by atoms with van der Waals surface area (Å²) in [4.78, 5) is 30.3. The highest BCUT2D eigenvalue weighted by Gasteiger charge is 2.31. The first-order chi connectivity index (χ1) is 12.6. The van der Waals surface area contributed by atoms with Crippen LogP contribution in [0.2, 0.25) is 0 Å². The summed E-state index contributed by atoms with van der Waals surface area (Å²) < 4.78 is 10.4. The van der Waals surface area contributed by atoms with E-state index in [-0.39, 0.29) is 18.2 Å². The Labute approximate surface area is 151 Å². The van der Waals surface area contributed by atoms with E-state index in [1.165, 1.54) is 0 Å². The molecule has 1 fully saturated rings. The number of aromatic nitrogens is 2. The molecule has 1 aliphatic heterocycles. The van der Waals surface area contributed by atoms with Crippen molar-refractivity contribution >= 4 is 11.8 Å². The van der Waals surface area contributed by atoms with Crippen LogP contribution in [0.5, 0.6) is 5.75 Å². The fourth-order valence-electron chi connectivity index (χ4n) is 3.01. The number of nitrogens with one attached hydrogen (secondary N) is 1. The van der Waals surface area contributed by atoms with Crippen LogP contribution in [-0.4, -0.2) is 53.1 Å². The van der Waals surface area contributed by atoms with Gasteiger partial charge in [-0.15, -0.1) is 0 Å². The van der Waals surface area contributed by atoms with Crippen LogP contribution >= 0.6 is 0 Å². The van der Waals surface area contributed by atoms with E-state index >= 15 is 0 Å². The molecule has 1 atom stereocenters. The lowest BCUT2D eigenvalue weighted by Gasteiger charge is -2.34. The van der Waals surface area contributed by atoms with Crippen molar-refractivity contribution in [2.45, 2.75) is 32.2 Å². The number of hydrogen-bond acceptors (Lipinski definition) is 6. The van der Waals surface area contributed by atoms with Gasteiger partial charge in [0.1, 0.15) is 11.8 Å². The zero-order valence-electron chi connectivity index (χ0n) is 14.9. The van der Waals surface area contributed by atoms with E-state index in [4.69, 9.17) is 9.26 Å². The SMILES string of the molecule is CC[C@@H]1C(=O)NCCN1C(=O)CCc1nc(-c2cccc(OC)c2)no1. The number of piperazine rings is 1. The lowest BCUT2D eigenvalue weighted by Crippen LogP contribution is -2.56. The Bertz CT molecular complexity index is 789.